The van der Waals surface area contributed by atoms with E-state index in [-0.39, 0.29) is 17.8 Å². The summed E-state index contributed by atoms with van der Waals surface area (Å²) in [4.78, 5) is 25.7. The van der Waals surface area contributed by atoms with Crippen LogP contribution in [0, 0.1) is 31.6 Å². The number of carboxylic acids is 1. The molecule has 1 aliphatic rings. The molecule has 0 spiro atoms. The molecule has 1 aromatic carbocycles. The van der Waals surface area contributed by atoms with Crippen LogP contribution in [0.1, 0.15) is 49.4 Å². The van der Waals surface area contributed by atoms with Gasteiger partial charge in [-0.3, -0.25) is 4.79 Å². The predicted molar refractivity (Wildman–Crippen MR) is 130 cm³/mol. The Kier molecular flexibility index (Phi) is 6.50. The fraction of sp³-hybridized carbons (Fsp3) is 0.440. The monoisotopic (exact) mass is 466 g/mol. The molecule has 0 radical (unpaired) electrons. The van der Waals surface area contributed by atoms with E-state index in [9.17, 15) is 15.0 Å². The van der Waals surface area contributed by atoms with Crippen LogP contribution in [-0.2, 0) is 10.4 Å². The highest BCUT2D eigenvalue weighted by atomic mass is 32.1. The number of aliphatic hydroxyl groups is 1. The fourth-order valence-corrected chi connectivity index (χ4v) is 5.75. The summed E-state index contributed by atoms with van der Waals surface area (Å²) in [5.74, 6) is -0.515. The molecule has 0 bridgehead atoms. The zero-order valence-electron chi connectivity index (χ0n) is 19.4. The Bertz CT molecular complexity index is 1160. The highest BCUT2D eigenvalue weighted by Crippen LogP contribution is 2.45. The summed E-state index contributed by atoms with van der Waals surface area (Å²) in [7, 11) is 0. The molecule has 0 aliphatic heterocycles. The largest absolute Gasteiger partial charge is 0.481 e. The summed E-state index contributed by atoms with van der Waals surface area (Å²) in [5, 5.41) is 24.8. The van der Waals surface area contributed by atoms with Gasteiger partial charge in [0.25, 0.3) is 0 Å². The molecular weight excluding hydrogens is 436 g/mol. The molecule has 33 heavy (non-hydrogen) atoms. The van der Waals surface area contributed by atoms with Crippen molar-refractivity contribution in [1.82, 2.24) is 15.0 Å². The predicted octanol–water partition coefficient (Wildman–Crippen LogP) is 5.31. The van der Waals surface area contributed by atoms with E-state index < -0.39 is 11.6 Å². The lowest BCUT2D eigenvalue weighted by Crippen LogP contribution is -2.39. The minimum absolute atomic E-state index is 0.0182. The van der Waals surface area contributed by atoms with Crippen LogP contribution in [-0.4, -0.2) is 31.1 Å². The van der Waals surface area contributed by atoms with Gasteiger partial charge in [0.1, 0.15) is 10.6 Å². The van der Waals surface area contributed by atoms with Gasteiger partial charge < -0.3 is 15.5 Å². The van der Waals surface area contributed by atoms with Crippen LogP contribution in [0.15, 0.2) is 36.7 Å². The summed E-state index contributed by atoms with van der Waals surface area (Å²) in [5.41, 5.74) is 2.78. The highest BCUT2D eigenvalue weighted by Gasteiger charge is 2.42. The number of hydrogen-bond donors (Lipinski definition) is 3. The lowest BCUT2D eigenvalue weighted by Gasteiger charge is -2.39. The second kappa shape index (κ2) is 9.19. The molecule has 3 N–H and O–H groups in total. The molecule has 3 aromatic rings. The van der Waals surface area contributed by atoms with Gasteiger partial charge >= 0.3 is 5.97 Å². The van der Waals surface area contributed by atoms with Crippen molar-refractivity contribution < 1.29 is 15.0 Å². The van der Waals surface area contributed by atoms with Gasteiger partial charge in [0, 0.05) is 23.8 Å². The lowest BCUT2D eigenvalue weighted by molar-refractivity contribution is -0.146. The molecule has 3 unspecified atom stereocenters. The van der Waals surface area contributed by atoms with Gasteiger partial charge in [-0.15, -0.1) is 11.3 Å². The smallest absolute Gasteiger partial charge is 0.306 e. The second-order valence-electron chi connectivity index (χ2n) is 9.34. The Balaban J connectivity index is 1.55. The number of thiazole rings is 1. The molecule has 1 fully saturated rings. The van der Waals surface area contributed by atoms with Crippen molar-refractivity contribution in [3.05, 3.63) is 52.9 Å². The molecule has 4 rings (SSSR count). The topological polar surface area (TPSA) is 108 Å². The van der Waals surface area contributed by atoms with Gasteiger partial charge in [0.15, 0.2) is 0 Å². The average molecular weight is 467 g/mol. The van der Waals surface area contributed by atoms with Crippen molar-refractivity contribution in [1.29, 1.82) is 0 Å². The molecule has 0 saturated heterocycles. The van der Waals surface area contributed by atoms with E-state index in [0.717, 1.165) is 27.4 Å². The Labute approximate surface area is 198 Å². The number of nitrogens with zero attached hydrogens (tertiary/aromatic N) is 3. The number of carboxylic acid groups (broad SMARTS) is 1. The number of aryl methyl sites for hydroxylation is 2. The van der Waals surface area contributed by atoms with Gasteiger partial charge in [-0.05, 0) is 81.2 Å². The summed E-state index contributed by atoms with van der Waals surface area (Å²) in [6.07, 6.45) is 5.47. The van der Waals surface area contributed by atoms with Crippen LogP contribution in [0.4, 0.5) is 11.6 Å². The molecular formula is C25H30N4O3S. The second-order valence-corrected chi connectivity index (χ2v) is 10.4. The van der Waals surface area contributed by atoms with E-state index in [1.54, 1.807) is 6.20 Å². The third kappa shape index (κ3) is 5.07. The van der Waals surface area contributed by atoms with Gasteiger partial charge in [0.05, 0.1) is 10.8 Å². The first kappa shape index (κ1) is 23.3. The quantitative estimate of drug-likeness (QED) is 0.452. The number of rotatable bonds is 6. The molecule has 1 aliphatic carbocycles. The number of aromatic nitrogens is 3. The standard InChI is InChI=1S/C25H30N4O3S/c1-14-9-17(12-19(10-14)29-24-26-8-7-16(3)28-24)21-13-27-23(33-21)25(4,32)18-5-6-20(22(30)31)15(2)11-18/h7-10,12-13,15,18,20,32H,5-6,11H2,1-4H3,(H,30,31)(H,26,28,29)/t15?,18?,20?,25-/m1/s1. The van der Waals surface area contributed by atoms with Crippen LogP contribution in [0.25, 0.3) is 10.4 Å². The zero-order valence-corrected chi connectivity index (χ0v) is 20.2. The minimum Gasteiger partial charge on any atom is -0.481 e. The summed E-state index contributed by atoms with van der Waals surface area (Å²) in [6, 6.07) is 8.02. The molecule has 2 aromatic heterocycles. The van der Waals surface area contributed by atoms with E-state index in [1.165, 1.54) is 11.3 Å². The first-order valence-electron chi connectivity index (χ1n) is 11.2. The van der Waals surface area contributed by atoms with Gasteiger partial charge in [-0.25, -0.2) is 15.0 Å². The summed E-state index contributed by atoms with van der Waals surface area (Å²) >= 11 is 1.48. The Morgan fingerprint density at radius 1 is 1.21 bits per heavy atom. The van der Waals surface area contributed by atoms with Gasteiger partial charge in [-0.1, -0.05) is 13.0 Å². The molecule has 174 valence electrons. The summed E-state index contributed by atoms with van der Waals surface area (Å²) < 4.78 is 0. The maximum Gasteiger partial charge on any atom is 0.306 e. The average Bonchev–Trinajstić information content (AvgIpc) is 3.24. The SMILES string of the molecule is Cc1cc(Nc2nccc(C)n2)cc(-c2cnc([C@](C)(O)C3CCC(C(=O)O)C(C)C3)s2)c1. The van der Waals surface area contributed by atoms with Crippen molar-refractivity contribution in [3.63, 3.8) is 0 Å². The first-order chi connectivity index (χ1) is 15.6. The van der Waals surface area contributed by atoms with Crippen molar-refractivity contribution in [2.75, 3.05) is 5.32 Å². The van der Waals surface area contributed by atoms with Crippen molar-refractivity contribution in [2.45, 2.75) is 52.6 Å². The fourth-order valence-electron chi connectivity index (χ4n) is 4.73. The maximum atomic E-state index is 11.5. The number of nitrogens with one attached hydrogen (secondary N) is 1. The van der Waals surface area contributed by atoms with E-state index >= 15 is 0 Å². The van der Waals surface area contributed by atoms with Crippen LogP contribution >= 0.6 is 11.3 Å². The molecule has 1 saturated carbocycles. The zero-order chi connectivity index (χ0) is 23.8. The van der Waals surface area contributed by atoms with Crippen LogP contribution in [0.3, 0.4) is 0 Å². The number of aliphatic carboxylic acids is 1. The Morgan fingerprint density at radius 3 is 2.70 bits per heavy atom. The Morgan fingerprint density at radius 2 is 2.00 bits per heavy atom. The Hall–Kier alpha value is -2.84. The first-order valence-corrected chi connectivity index (χ1v) is 12.1. The van der Waals surface area contributed by atoms with E-state index in [4.69, 9.17) is 0 Å². The molecule has 8 heteroatoms. The van der Waals surface area contributed by atoms with Crippen LogP contribution < -0.4 is 5.32 Å². The van der Waals surface area contributed by atoms with E-state index in [0.29, 0.717) is 30.2 Å². The number of benzene rings is 1. The van der Waals surface area contributed by atoms with Gasteiger partial charge in [-0.2, -0.15) is 0 Å². The van der Waals surface area contributed by atoms with E-state index in [1.807, 2.05) is 52.1 Å². The lowest BCUT2D eigenvalue weighted by atomic mass is 9.69. The summed E-state index contributed by atoms with van der Waals surface area (Å²) in [6.45, 7) is 7.74. The molecule has 0 amide bonds. The number of hydrogen-bond acceptors (Lipinski definition) is 7. The van der Waals surface area contributed by atoms with Crippen LogP contribution in [0.5, 0.6) is 0 Å². The number of carbonyl (C=O) groups is 1. The van der Waals surface area contributed by atoms with Crippen molar-refractivity contribution in [2.24, 2.45) is 17.8 Å². The third-order valence-corrected chi connectivity index (χ3v) is 7.91. The molecule has 2 heterocycles. The maximum absolute atomic E-state index is 11.5. The normalized spacial score (nSPS) is 22.5. The van der Waals surface area contributed by atoms with Gasteiger partial charge in [0.2, 0.25) is 5.95 Å². The van der Waals surface area contributed by atoms with E-state index in [2.05, 4.69) is 26.3 Å². The highest BCUT2D eigenvalue weighted by molar-refractivity contribution is 7.15. The number of anilines is 2. The minimum atomic E-state index is -1.10. The third-order valence-electron chi connectivity index (χ3n) is 6.63. The molecule has 7 nitrogen and oxygen atoms in total. The van der Waals surface area contributed by atoms with Crippen molar-refractivity contribution >= 4 is 28.9 Å². The molecule has 4 atom stereocenters. The van der Waals surface area contributed by atoms with Crippen molar-refractivity contribution in [3.8, 4) is 10.4 Å². The van der Waals surface area contributed by atoms with Crippen LogP contribution in [0.2, 0.25) is 0 Å².